The number of ether oxygens (including phenoxy) is 1. The van der Waals surface area contributed by atoms with Crippen LogP contribution in [0.5, 0.6) is 0 Å². The number of hydrogen-bond donors (Lipinski definition) is 1. The monoisotopic (exact) mass is 437 g/mol. The van der Waals surface area contributed by atoms with E-state index in [2.05, 4.69) is 10.4 Å². The molecule has 1 aromatic carbocycles. The van der Waals surface area contributed by atoms with E-state index in [1.807, 2.05) is 0 Å². The van der Waals surface area contributed by atoms with Crippen LogP contribution < -0.4 is 10.2 Å². The van der Waals surface area contributed by atoms with Gasteiger partial charge in [0.05, 0.1) is 16.9 Å². The second-order valence-corrected chi connectivity index (χ2v) is 8.39. The molecule has 1 unspecified atom stereocenters. The van der Waals surface area contributed by atoms with Crippen LogP contribution in [0.15, 0.2) is 30.3 Å². The summed E-state index contributed by atoms with van der Waals surface area (Å²) in [5.74, 6) is -1.37. The maximum Gasteiger partial charge on any atom is 0.354 e. The number of hydrogen-bond acceptors (Lipinski definition) is 6. The summed E-state index contributed by atoms with van der Waals surface area (Å²) >= 11 is 0. The van der Waals surface area contributed by atoms with Crippen molar-refractivity contribution in [1.29, 1.82) is 0 Å². The zero-order valence-corrected chi connectivity index (χ0v) is 17.8. The van der Waals surface area contributed by atoms with Crippen molar-refractivity contribution in [2.24, 2.45) is 7.05 Å². The van der Waals surface area contributed by atoms with E-state index in [4.69, 9.17) is 4.74 Å². The van der Waals surface area contributed by atoms with Crippen LogP contribution in [0.25, 0.3) is 0 Å². The highest BCUT2D eigenvalue weighted by Gasteiger charge is 2.64. The number of esters is 1. The van der Waals surface area contributed by atoms with Gasteiger partial charge in [-0.2, -0.15) is 5.10 Å². The van der Waals surface area contributed by atoms with Crippen molar-refractivity contribution < 1.29 is 23.9 Å². The normalized spacial score (nSPS) is 21.9. The molecule has 0 radical (unpaired) electrons. The predicted molar refractivity (Wildman–Crippen MR) is 113 cm³/mol. The number of aromatic nitrogens is 2. The lowest BCUT2D eigenvalue weighted by atomic mass is 9.96. The number of anilines is 2. The molecule has 1 N–H and O–H groups in total. The third-order valence-corrected chi connectivity index (χ3v) is 6.14. The molecule has 10 heteroatoms. The molecule has 32 heavy (non-hydrogen) atoms. The van der Waals surface area contributed by atoms with Crippen LogP contribution in [0.4, 0.5) is 11.5 Å². The number of aryl methyl sites for hydroxylation is 2. The minimum absolute atomic E-state index is 0.112. The molecular formula is C22H23N5O5. The average molecular weight is 437 g/mol. The first-order valence-corrected chi connectivity index (χ1v) is 10.6. The van der Waals surface area contributed by atoms with Crippen molar-refractivity contribution in [1.82, 2.24) is 14.7 Å². The number of nitrogens with one attached hydrogen (secondary N) is 1. The van der Waals surface area contributed by atoms with Gasteiger partial charge >= 0.3 is 5.97 Å². The second kappa shape index (κ2) is 7.18. The number of carbonyl (C=O) groups excluding carboxylic acids is 4. The van der Waals surface area contributed by atoms with Crippen molar-refractivity contribution >= 4 is 35.2 Å². The van der Waals surface area contributed by atoms with Crippen LogP contribution >= 0.6 is 0 Å². The molecule has 1 saturated carbocycles. The van der Waals surface area contributed by atoms with Gasteiger partial charge in [-0.05, 0) is 31.9 Å². The van der Waals surface area contributed by atoms with E-state index in [9.17, 15) is 19.2 Å². The molecule has 1 aromatic heterocycles. The molecule has 1 aliphatic carbocycles. The fourth-order valence-electron chi connectivity index (χ4n) is 4.67. The summed E-state index contributed by atoms with van der Waals surface area (Å²) in [7, 11) is 1.69. The van der Waals surface area contributed by atoms with Crippen molar-refractivity contribution in [2.45, 2.75) is 44.3 Å². The van der Waals surface area contributed by atoms with Crippen molar-refractivity contribution in [3.05, 3.63) is 41.6 Å². The first-order chi connectivity index (χ1) is 15.3. The summed E-state index contributed by atoms with van der Waals surface area (Å²) in [6, 6.07) is 8.35. The summed E-state index contributed by atoms with van der Waals surface area (Å²) in [4.78, 5) is 55.0. The predicted octanol–water partition coefficient (Wildman–Crippen LogP) is 1.35. The molecule has 5 rings (SSSR count). The van der Waals surface area contributed by atoms with Crippen molar-refractivity contribution in [3.8, 4) is 0 Å². The van der Waals surface area contributed by atoms with Gasteiger partial charge in [0.25, 0.3) is 11.8 Å². The van der Waals surface area contributed by atoms with Gasteiger partial charge in [0.15, 0.2) is 6.61 Å². The van der Waals surface area contributed by atoms with Gasteiger partial charge in [0.2, 0.25) is 11.6 Å². The minimum atomic E-state index is -1.56. The molecule has 0 bridgehead atoms. The van der Waals surface area contributed by atoms with Crippen LogP contribution in [0, 0.1) is 6.92 Å². The molecule has 1 atom stereocenters. The van der Waals surface area contributed by atoms with Gasteiger partial charge < -0.3 is 15.0 Å². The molecule has 2 fully saturated rings. The second-order valence-electron chi connectivity index (χ2n) is 8.39. The average Bonchev–Trinajstić information content (AvgIpc) is 3.46. The van der Waals surface area contributed by atoms with Gasteiger partial charge in [-0.1, -0.05) is 12.1 Å². The molecule has 166 valence electrons. The molecule has 2 aromatic rings. The van der Waals surface area contributed by atoms with Gasteiger partial charge in [-0.15, -0.1) is 0 Å². The fourth-order valence-corrected chi connectivity index (χ4v) is 4.67. The Morgan fingerprint density at radius 2 is 2.00 bits per heavy atom. The third-order valence-electron chi connectivity index (χ3n) is 6.14. The Hall–Kier alpha value is -3.69. The van der Waals surface area contributed by atoms with Crippen LogP contribution in [-0.2, 0) is 26.2 Å². The third kappa shape index (κ3) is 2.97. The number of rotatable bonds is 5. The van der Waals surface area contributed by atoms with Crippen LogP contribution in [0.2, 0.25) is 0 Å². The summed E-state index contributed by atoms with van der Waals surface area (Å²) in [6.45, 7) is 1.26. The maximum absolute atomic E-state index is 13.5. The Kier molecular flexibility index (Phi) is 4.54. The molecule has 1 saturated heterocycles. The first-order valence-electron chi connectivity index (χ1n) is 10.6. The Balaban J connectivity index is 1.43. The van der Waals surface area contributed by atoms with Crippen LogP contribution in [0.3, 0.4) is 0 Å². The first kappa shape index (κ1) is 20.2. The standard InChI is InChI=1S/C22H23N5O5/c1-13-11-17(25(2)24-13)23-18(28)12-32-21(31)22-10-9-19(29)27(22)16-6-4-3-5-15(16)20(30)26(22)14-7-8-14/h3-6,11,14H,7-10,12H2,1-2H3,(H,23,28). The van der Waals surface area contributed by atoms with E-state index in [0.29, 0.717) is 17.1 Å². The van der Waals surface area contributed by atoms with Gasteiger partial charge in [0.1, 0.15) is 5.82 Å². The number of carbonyl (C=O) groups is 4. The highest BCUT2D eigenvalue weighted by atomic mass is 16.5. The summed E-state index contributed by atoms with van der Waals surface area (Å²) in [5, 5.41) is 6.80. The number of benzene rings is 1. The van der Waals surface area contributed by atoms with E-state index in [-0.39, 0.29) is 30.7 Å². The fraction of sp³-hybridized carbons (Fsp3) is 0.409. The van der Waals surface area contributed by atoms with E-state index >= 15 is 0 Å². The van der Waals surface area contributed by atoms with Crippen LogP contribution in [0.1, 0.15) is 41.7 Å². The Bertz CT molecular complexity index is 1150. The summed E-state index contributed by atoms with van der Waals surface area (Å²) < 4.78 is 6.93. The smallest absolute Gasteiger partial charge is 0.354 e. The zero-order chi connectivity index (χ0) is 22.6. The van der Waals surface area contributed by atoms with Crippen molar-refractivity contribution in [3.63, 3.8) is 0 Å². The summed E-state index contributed by atoms with van der Waals surface area (Å²) in [5.41, 5.74) is -0.0306. The highest BCUT2D eigenvalue weighted by molar-refractivity contribution is 6.16. The van der Waals surface area contributed by atoms with Gasteiger partial charge in [0, 0.05) is 32.0 Å². The molecule has 3 heterocycles. The Morgan fingerprint density at radius 3 is 2.69 bits per heavy atom. The maximum atomic E-state index is 13.5. The number of nitrogens with zero attached hydrogens (tertiary/aromatic N) is 4. The van der Waals surface area contributed by atoms with Gasteiger partial charge in [-0.25, -0.2) is 4.79 Å². The lowest BCUT2D eigenvalue weighted by Crippen LogP contribution is -2.69. The highest BCUT2D eigenvalue weighted by Crippen LogP contribution is 2.49. The van der Waals surface area contributed by atoms with E-state index in [1.165, 1.54) is 14.5 Å². The van der Waals surface area contributed by atoms with E-state index in [0.717, 1.165) is 18.5 Å². The molecule has 2 aliphatic heterocycles. The molecule has 3 aliphatic rings. The molecular weight excluding hydrogens is 414 g/mol. The summed E-state index contributed by atoms with van der Waals surface area (Å²) in [6.07, 6.45) is 1.75. The van der Waals surface area contributed by atoms with E-state index in [1.54, 1.807) is 44.3 Å². The van der Waals surface area contributed by atoms with Gasteiger partial charge in [-0.3, -0.25) is 24.0 Å². The van der Waals surface area contributed by atoms with Crippen LogP contribution in [-0.4, -0.2) is 56.7 Å². The lowest BCUT2D eigenvalue weighted by molar-refractivity contribution is -0.159. The van der Waals surface area contributed by atoms with Crippen molar-refractivity contribution in [2.75, 3.05) is 16.8 Å². The topological polar surface area (TPSA) is 114 Å². The number of amides is 3. The van der Waals surface area contributed by atoms with E-state index < -0.39 is 24.1 Å². The molecule has 0 spiro atoms. The quantitative estimate of drug-likeness (QED) is 0.707. The Morgan fingerprint density at radius 1 is 1.25 bits per heavy atom. The Labute approximate surface area is 184 Å². The molecule has 10 nitrogen and oxygen atoms in total. The lowest BCUT2D eigenvalue weighted by Gasteiger charge is -2.48. The zero-order valence-electron chi connectivity index (χ0n) is 17.8. The minimum Gasteiger partial charge on any atom is -0.452 e. The molecule has 3 amide bonds. The number of fused-ring (bicyclic) bond motifs is 3. The number of para-hydroxylation sites is 1. The largest absolute Gasteiger partial charge is 0.452 e. The SMILES string of the molecule is Cc1cc(NC(=O)COC(=O)C23CCC(=O)N2c2ccccc2C(=O)N3C2CC2)n(C)n1.